The molecule has 2 heterocycles. The molecule has 0 atom stereocenters. The van der Waals surface area contributed by atoms with E-state index >= 15 is 0 Å². The third kappa shape index (κ3) is 1.62. The molecule has 74 valence electrons. The monoisotopic (exact) mass is 201 g/mol. The van der Waals surface area contributed by atoms with Crippen molar-refractivity contribution in [3.63, 3.8) is 0 Å². The molecule has 0 saturated carbocycles. The molecule has 2 aromatic heterocycles. The molecule has 0 radical (unpaired) electrons. The lowest BCUT2D eigenvalue weighted by Gasteiger charge is -1.94. The van der Waals surface area contributed by atoms with Gasteiger partial charge in [0.25, 0.3) is 5.56 Å². The number of aryl methyl sites for hydroxylation is 1. The maximum absolute atomic E-state index is 11.3. The molecule has 0 amide bonds. The van der Waals surface area contributed by atoms with Gasteiger partial charge >= 0.3 is 0 Å². The highest BCUT2D eigenvalue weighted by Gasteiger charge is 2.05. The molecule has 0 aliphatic rings. The number of hydrogen-bond donors (Lipinski definition) is 1. The largest absolute Gasteiger partial charge is 0.304 e. The van der Waals surface area contributed by atoms with E-state index < -0.39 is 5.56 Å². The van der Waals surface area contributed by atoms with Crippen molar-refractivity contribution in [2.45, 2.75) is 0 Å². The molecular formula is C9H7N5O. The van der Waals surface area contributed by atoms with Gasteiger partial charge in [0.15, 0.2) is 5.82 Å². The minimum atomic E-state index is -0.451. The molecule has 0 spiro atoms. The van der Waals surface area contributed by atoms with Crippen molar-refractivity contribution in [1.29, 1.82) is 5.26 Å². The quantitative estimate of drug-likeness (QED) is 0.705. The maximum atomic E-state index is 11.3. The lowest BCUT2D eigenvalue weighted by Crippen LogP contribution is -2.12. The van der Waals surface area contributed by atoms with Crippen molar-refractivity contribution in [2.24, 2.45) is 7.05 Å². The maximum Gasteiger partial charge on any atom is 0.269 e. The zero-order valence-corrected chi connectivity index (χ0v) is 7.93. The first-order chi connectivity index (χ1) is 7.20. The summed E-state index contributed by atoms with van der Waals surface area (Å²) in [5, 5.41) is 12.6. The Kier molecular flexibility index (Phi) is 2.06. The number of aromatic nitrogens is 4. The summed E-state index contributed by atoms with van der Waals surface area (Å²) in [6.45, 7) is 0. The molecule has 2 rings (SSSR count). The first-order valence-electron chi connectivity index (χ1n) is 4.20. The molecule has 2 aromatic rings. The van der Waals surface area contributed by atoms with Crippen LogP contribution in [0.2, 0.25) is 0 Å². The van der Waals surface area contributed by atoms with Crippen molar-refractivity contribution in [3.05, 3.63) is 34.4 Å². The van der Waals surface area contributed by atoms with E-state index in [1.54, 1.807) is 30.1 Å². The van der Waals surface area contributed by atoms with E-state index in [9.17, 15) is 4.79 Å². The molecule has 0 fully saturated rings. The summed E-state index contributed by atoms with van der Waals surface area (Å²) in [4.78, 5) is 17.7. The fraction of sp³-hybridized carbons (Fsp3) is 0.111. The number of nitrogens with one attached hydrogen (secondary N) is 1. The molecule has 6 heteroatoms. The van der Waals surface area contributed by atoms with Gasteiger partial charge in [0.1, 0.15) is 17.3 Å². The van der Waals surface area contributed by atoms with Crippen LogP contribution < -0.4 is 5.56 Å². The zero-order valence-electron chi connectivity index (χ0n) is 7.93. The fourth-order valence-electron chi connectivity index (χ4n) is 1.15. The van der Waals surface area contributed by atoms with Crippen LogP contribution in [0.4, 0.5) is 0 Å². The average molecular weight is 201 g/mol. The molecule has 0 unspecified atom stereocenters. The van der Waals surface area contributed by atoms with Gasteiger partial charge in [0.2, 0.25) is 0 Å². The van der Waals surface area contributed by atoms with E-state index in [0.29, 0.717) is 11.5 Å². The second-order valence-corrected chi connectivity index (χ2v) is 2.96. The minimum Gasteiger partial charge on any atom is -0.304 e. The summed E-state index contributed by atoms with van der Waals surface area (Å²) in [7, 11) is 1.77. The van der Waals surface area contributed by atoms with Gasteiger partial charge in [0.05, 0.1) is 6.20 Å². The second-order valence-electron chi connectivity index (χ2n) is 2.96. The summed E-state index contributed by atoms with van der Waals surface area (Å²) in [6, 6.07) is 3.47. The summed E-state index contributed by atoms with van der Waals surface area (Å²) < 4.78 is 1.60. The Morgan fingerprint density at radius 1 is 1.60 bits per heavy atom. The van der Waals surface area contributed by atoms with Crippen LogP contribution in [0.5, 0.6) is 0 Å². The molecule has 0 aliphatic carbocycles. The summed E-state index contributed by atoms with van der Waals surface area (Å²) in [5.74, 6) is 0.361. The van der Waals surface area contributed by atoms with E-state index in [2.05, 4.69) is 15.1 Å². The van der Waals surface area contributed by atoms with Crippen LogP contribution in [0.3, 0.4) is 0 Å². The second kappa shape index (κ2) is 3.38. The van der Waals surface area contributed by atoms with Crippen molar-refractivity contribution >= 4 is 0 Å². The minimum absolute atomic E-state index is 0.00492. The Labute approximate surface area is 84.8 Å². The van der Waals surface area contributed by atoms with Crippen LogP contribution in [0.25, 0.3) is 11.5 Å². The number of hydrogen-bond acceptors (Lipinski definition) is 4. The third-order valence-corrected chi connectivity index (χ3v) is 1.88. The van der Waals surface area contributed by atoms with Gasteiger partial charge in [-0.15, -0.1) is 0 Å². The molecule has 0 bridgehead atoms. The van der Waals surface area contributed by atoms with Gasteiger partial charge in [-0.2, -0.15) is 10.4 Å². The van der Waals surface area contributed by atoms with Gasteiger partial charge in [-0.25, -0.2) is 4.98 Å². The van der Waals surface area contributed by atoms with Crippen LogP contribution in [0.15, 0.2) is 23.3 Å². The van der Waals surface area contributed by atoms with E-state index in [0.717, 1.165) is 0 Å². The molecule has 0 saturated heterocycles. The number of H-pyrrole nitrogens is 1. The van der Waals surface area contributed by atoms with Crippen molar-refractivity contribution in [2.75, 3.05) is 0 Å². The molecule has 6 nitrogen and oxygen atoms in total. The van der Waals surface area contributed by atoms with Gasteiger partial charge in [-0.05, 0) is 6.07 Å². The van der Waals surface area contributed by atoms with Crippen molar-refractivity contribution in [3.8, 4) is 17.6 Å². The highest BCUT2D eigenvalue weighted by Crippen LogP contribution is 2.08. The van der Waals surface area contributed by atoms with E-state index in [1.807, 2.05) is 0 Å². The van der Waals surface area contributed by atoms with Crippen LogP contribution in [0.1, 0.15) is 5.56 Å². The number of nitriles is 1. The highest BCUT2D eigenvalue weighted by molar-refractivity contribution is 5.47. The highest BCUT2D eigenvalue weighted by atomic mass is 16.1. The summed E-state index contributed by atoms with van der Waals surface area (Å²) >= 11 is 0. The Hall–Kier alpha value is -2.42. The molecule has 1 N–H and O–H groups in total. The summed E-state index contributed by atoms with van der Waals surface area (Å²) in [5.41, 5.74) is 0.113. The Balaban J connectivity index is 2.53. The first-order valence-corrected chi connectivity index (χ1v) is 4.20. The molecule has 0 aliphatic heterocycles. The van der Waals surface area contributed by atoms with Crippen molar-refractivity contribution in [1.82, 2.24) is 19.7 Å². The fourth-order valence-corrected chi connectivity index (χ4v) is 1.15. The van der Waals surface area contributed by atoms with E-state index in [1.165, 1.54) is 6.20 Å². The van der Waals surface area contributed by atoms with E-state index in [4.69, 9.17) is 5.26 Å². The lowest BCUT2D eigenvalue weighted by atomic mass is 10.3. The molecule has 15 heavy (non-hydrogen) atoms. The molecular weight excluding hydrogens is 194 g/mol. The normalized spacial score (nSPS) is 9.87. The first kappa shape index (κ1) is 9.15. The van der Waals surface area contributed by atoms with Crippen LogP contribution >= 0.6 is 0 Å². The predicted molar refractivity (Wildman–Crippen MR) is 51.8 cm³/mol. The number of aromatic amines is 1. The Bertz CT molecular complexity index is 589. The Morgan fingerprint density at radius 3 is 2.93 bits per heavy atom. The van der Waals surface area contributed by atoms with Gasteiger partial charge in [-0.1, -0.05) is 0 Å². The van der Waals surface area contributed by atoms with Crippen LogP contribution in [0, 0.1) is 11.3 Å². The SMILES string of the molecule is Cn1ccc(-c2ncc(C#N)c(=O)[nH]2)n1. The summed E-state index contributed by atoms with van der Waals surface area (Å²) in [6.07, 6.45) is 2.98. The standard InChI is InChI=1S/C9H7N5O/c1-14-3-2-7(13-14)8-11-5-6(4-10)9(15)12-8/h2-3,5H,1H3,(H,11,12,15). The lowest BCUT2D eigenvalue weighted by molar-refractivity contribution is 0.768. The topological polar surface area (TPSA) is 87.4 Å². The van der Waals surface area contributed by atoms with Crippen LogP contribution in [-0.2, 0) is 7.05 Å². The van der Waals surface area contributed by atoms with Gasteiger partial charge in [-0.3, -0.25) is 9.48 Å². The number of nitrogens with zero attached hydrogens (tertiary/aromatic N) is 4. The van der Waals surface area contributed by atoms with Gasteiger partial charge < -0.3 is 4.98 Å². The van der Waals surface area contributed by atoms with Gasteiger partial charge in [0, 0.05) is 13.2 Å². The number of rotatable bonds is 1. The van der Waals surface area contributed by atoms with Crippen molar-refractivity contribution < 1.29 is 0 Å². The zero-order chi connectivity index (χ0) is 10.8. The Morgan fingerprint density at radius 2 is 2.40 bits per heavy atom. The third-order valence-electron chi connectivity index (χ3n) is 1.88. The smallest absolute Gasteiger partial charge is 0.269 e. The molecule has 0 aromatic carbocycles. The van der Waals surface area contributed by atoms with Crippen LogP contribution in [-0.4, -0.2) is 19.7 Å². The average Bonchev–Trinajstić information content (AvgIpc) is 2.65. The van der Waals surface area contributed by atoms with E-state index in [-0.39, 0.29) is 5.56 Å². The predicted octanol–water partition coefficient (Wildman–Crippen LogP) is 0.0421.